The van der Waals surface area contributed by atoms with Crippen LogP contribution in [0.2, 0.25) is 0 Å². The van der Waals surface area contributed by atoms with E-state index < -0.39 is 41.7 Å². The number of hydrogen-bond acceptors (Lipinski definition) is 9. The van der Waals surface area contributed by atoms with Crippen LogP contribution < -0.4 is 4.74 Å². The van der Waals surface area contributed by atoms with E-state index in [2.05, 4.69) is 18.8 Å². The zero-order valence-corrected chi connectivity index (χ0v) is 18.9. The van der Waals surface area contributed by atoms with Crippen molar-refractivity contribution in [1.29, 1.82) is 0 Å². The van der Waals surface area contributed by atoms with Crippen LogP contribution in [0.3, 0.4) is 0 Å². The quantitative estimate of drug-likeness (QED) is 0.485. The summed E-state index contributed by atoms with van der Waals surface area (Å²) in [5.41, 5.74) is 0.835. The Morgan fingerprint density at radius 2 is 1.71 bits per heavy atom. The predicted molar refractivity (Wildman–Crippen MR) is 113 cm³/mol. The minimum absolute atomic E-state index is 0.239. The zero-order valence-electron chi connectivity index (χ0n) is 18.1. The number of carbonyl (C=O) groups excluding carboxylic acids is 3. The van der Waals surface area contributed by atoms with E-state index in [9.17, 15) is 14.4 Å². The van der Waals surface area contributed by atoms with Crippen molar-refractivity contribution in [3.05, 3.63) is 30.2 Å². The molecular formula is C21H26N2O7S. The average Bonchev–Trinajstić information content (AvgIpc) is 3.11. The summed E-state index contributed by atoms with van der Waals surface area (Å²) in [6.45, 7) is 7.87. The van der Waals surface area contributed by atoms with Gasteiger partial charge in [-0.2, -0.15) is 0 Å². The Morgan fingerprint density at radius 3 is 2.32 bits per heavy atom. The Kier molecular flexibility index (Phi) is 7.09. The fourth-order valence-electron chi connectivity index (χ4n) is 3.31. The molecule has 2 aromatic heterocycles. The molecule has 0 N–H and O–H groups in total. The van der Waals surface area contributed by atoms with Crippen molar-refractivity contribution in [3.8, 4) is 5.75 Å². The van der Waals surface area contributed by atoms with Gasteiger partial charge in [0, 0.05) is 38.9 Å². The second kappa shape index (κ2) is 9.59. The highest BCUT2D eigenvalue weighted by Gasteiger charge is 2.47. The molecule has 2 aromatic rings. The normalized spacial score (nSPS) is 23.4. The van der Waals surface area contributed by atoms with Crippen LogP contribution in [0.15, 0.2) is 24.5 Å². The van der Waals surface area contributed by atoms with Crippen LogP contribution in [0, 0.1) is 0 Å². The molecule has 3 heterocycles. The van der Waals surface area contributed by atoms with E-state index in [4.69, 9.17) is 18.9 Å². The maximum Gasteiger partial charge on any atom is 0.303 e. The third-order valence-corrected chi connectivity index (χ3v) is 5.82. The van der Waals surface area contributed by atoms with Crippen LogP contribution in [0.4, 0.5) is 0 Å². The lowest BCUT2D eigenvalue weighted by molar-refractivity contribution is -0.186. The van der Waals surface area contributed by atoms with E-state index in [1.165, 1.54) is 32.5 Å². The van der Waals surface area contributed by atoms with Crippen molar-refractivity contribution < 1.29 is 33.3 Å². The van der Waals surface area contributed by atoms with Gasteiger partial charge in [0.05, 0.1) is 5.69 Å². The lowest BCUT2D eigenvalue weighted by Crippen LogP contribution is -2.55. The minimum atomic E-state index is -0.998. The van der Waals surface area contributed by atoms with Crippen LogP contribution in [-0.4, -0.2) is 56.8 Å². The first kappa shape index (κ1) is 22.9. The molecule has 0 unspecified atom stereocenters. The van der Waals surface area contributed by atoms with Crippen molar-refractivity contribution >= 4 is 35.3 Å². The molecule has 1 aliphatic heterocycles. The lowest BCUT2D eigenvalue weighted by atomic mass is 10.1. The Hall–Kier alpha value is -2.75. The molecule has 0 amide bonds. The maximum atomic E-state index is 11.8. The molecule has 1 fully saturated rings. The second-order valence-electron chi connectivity index (χ2n) is 7.54. The predicted octanol–water partition coefficient (Wildman–Crippen LogP) is 2.70. The number of pyridine rings is 1. The van der Waals surface area contributed by atoms with Gasteiger partial charge >= 0.3 is 17.9 Å². The summed E-state index contributed by atoms with van der Waals surface area (Å²) in [6, 6.07) is 3.60. The van der Waals surface area contributed by atoms with Crippen molar-refractivity contribution in [1.82, 2.24) is 9.38 Å². The first-order valence-electron chi connectivity index (χ1n) is 9.93. The van der Waals surface area contributed by atoms with Gasteiger partial charge in [0.15, 0.2) is 35.1 Å². The number of fused-ring (bicyclic) bond motifs is 1. The summed E-state index contributed by atoms with van der Waals surface area (Å²) in [4.78, 5) is 39.7. The first-order valence-corrected chi connectivity index (χ1v) is 11.0. The highest BCUT2D eigenvalue weighted by molar-refractivity contribution is 7.99. The molecule has 4 atom stereocenters. The number of aromatic nitrogens is 2. The topological polar surface area (TPSA) is 105 Å². The van der Waals surface area contributed by atoms with E-state index in [1.807, 2.05) is 22.9 Å². The first-order chi connectivity index (χ1) is 14.7. The number of hydrogen-bond donors (Lipinski definition) is 0. The van der Waals surface area contributed by atoms with Crippen LogP contribution in [0.5, 0.6) is 5.75 Å². The van der Waals surface area contributed by atoms with Gasteiger partial charge in [0.1, 0.15) is 0 Å². The van der Waals surface area contributed by atoms with E-state index in [-0.39, 0.29) is 5.92 Å². The number of nitrogens with zero attached hydrogens (tertiary/aromatic N) is 2. The summed E-state index contributed by atoms with van der Waals surface area (Å²) >= 11 is 1.31. The number of rotatable bonds is 6. The van der Waals surface area contributed by atoms with Gasteiger partial charge in [0.2, 0.25) is 0 Å². The molecule has 0 spiro atoms. The van der Waals surface area contributed by atoms with Crippen LogP contribution >= 0.6 is 11.8 Å². The lowest BCUT2D eigenvalue weighted by Gasteiger charge is -2.39. The summed E-state index contributed by atoms with van der Waals surface area (Å²) in [5, 5.41) is 0. The summed E-state index contributed by atoms with van der Waals surface area (Å²) in [7, 11) is 0. The average molecular weight is 451 g/mol. The van der Waals surface area contributed by atoms with Gasteiger partial charge < -0.3 is 23.3 Å². The molecule has 168 valence electrons. The van der Waals surface area contributed by atoms with Gasteiger partial charge in [0.25, 0.3) is 0 Å². The number of imidazole rings is 1. The van der Waals surface area contributed by atoms with Crippen LogP contribution in [0.1, 0.15) is 46.2 Å². The van der Waals surface area contributed by atoms with Gasteiger partial charge in [-0.1, -0.05) is 13.8 Å². The maximum absolute atomic E-state index is 11.8. The van der Waals surface area contributed by atoms with Crippen molar-refractivity contribution in [3.63, 3.8) is 0 Å². The van der Waals surface area contributed by atoms with Gasteiger partial charge in [-0.25, -0.2) is 4.98 Å². The Labute approximate surface area is 184 Å². The fourth-order valence-corrected chi connectivity index (χ4v) is 4.52. The third kappa shape index (κ3) is 5.49. The van der Waals surface area contributed by atoms with Gasteiger partial charge in [-0.05, 0) is 18.1 Å². The monoisotopic (exact) mass is 450 g/mol. The second-order valence-corrected chi connectivity index (χ2v) is 8.67. The summed E-state index contributed by atoms with van der Waals surface area (Å²) in [6.07, 6.45) is 1.05. The number of esters is 3. The van der Waals surface area contributed by atoms with Crippen LogP contribution in [-0.2, 0) is 28.6 Å². The summed E-state index contributed by atoms with van der Waals surface area (Å²) < 4.78 is 24.3. The zero-order chi connectivity index (χ0) is 22.7. The Balaban J connectivity index is 1.93. The molecule has 0 radical (unpaired) electrons. The van der Waals surface area contributed by atoms with E-state index in [0.717, 1.165) is 5.69 Å². The Bertz CT molecular complexity index is 974. The van der Waals surface area contributed by atoms with Crippen molar-refractivity contribution in [2.75, 3.05) is 5.75 Å². The van der Waals surface area contributed by atoms with E-state index in [0.29, 0.717) is 17.1 Å². The van der Waals surface area contributed by atoms with E-state index in [1.54, 1.807) is 6.07 Å². The smallest absolute Gasteiger partial charge is 0.303 e. The highest BCUT2D eigenvalue weighted by atomic mass is 32.2. The molecule has 3 rings (SSSR count). The minimum Gasteiger partial charge on any atom is -0.472 e. The largest absolute Gasteiger partial charge is 0.472 e. The number of carbonyl (C=O) groups is 3. The van der Waals surface area contributed by atoms with Crippen LogP contribution in [0.25, 0.3) is 5.65 Å². The third-order valence-electron chi connectivity index (χ3n) is 4.60. The Morgan fingerprint density at radius 1 is 1.06 bits per heavy atom. The molecule has 0 saturated carbocycles. The van der Waals surface area contributed by atoms with Crippen molar-refractivity contribution in [2.45, 2.75) is 64.3 Å². The molecule has 10 heteroatoms. The number of ether oxygens (including phenoxy) is 4. The SMILES string of the molecule is CC(=O)O[C@@H]1[C@@H](OC(C)=O)[C@H](OC(C)=O)CS[C@H]1Oc1cccn2cc(C(C)C)nc12. The van der Waals surface area contributed by atoms with Gasteiger partial charge in [-0.15, -0.1) is 11.8 Å². The summed E-state index contributed by atoms with van der Waals surface area (Å²) in [5.74, 6) is -0.635. The van der Waals surface area contributed by atoms with E-state index >= 15 is 0 Å². The molecule has 0 aromatic carbocycles. The fraction of sp³-hybridized carbons (Fsp3) is 0.524. The van der Waals surface area contributed by atoms with Gasteiger partial charge in [-0.3, -0.25) is 14.4 Å². The molecule has 9 nitrogen and oxygen atoms in total. The molecular weight excluding hydrogens is 424 g/mol. The van der Waals surface area contributed by atoms with Crippen molar-refractivity contribution in [2.24, 2.45) is 0 Å². The standard InChI is InChI=1S/C21H26N2O7S/c1-11(2)15-9-23-8-6-7-16(20(23)22-15)30-21-19(29-14(5)26)18(28-13(4)25)17(10-31-21)27-12(3)24/h6-9,11,17-19,21H,10H2,1-5H3/t17-,18+,19-,21-/m1/s1. The molecule has 1 saturated heterocycles. The molecule has 0 aliphatic carbocycles. The molecule has 0 bridgehead atoms. The highest BCUT2D eigenvalue weighted by Crippen LogP contribution is 2.35. The number of thioether (sulfide) groups is 1. The molecule has 31 heavy (non-hydrogen) atoms. The molecule has 1 aliphatic rings.